The predicted octanol–water partition coefficient (Wildman–Crippen LogP) is 1.04. The van der Waals surface area contributed by atoms with E-state index in [0.717, 1.165) is 12.8 Å². The number of hydrogen-bond donors (Lipinski definition) is 1. The maximum absolute atomic E-state index is 11.8. The molecule has 5 heteroatoms. The fourth-order valence-corrected chi connectivity index (χ4v) is 1.77. The van der Waals surface area contributed by atoms with Crippen LogP contribution >= 0.6 is 0 Å². The molecule has 1 unspecified atom stereocenters. The van der Waals surface area contributed by atoms with E-state index in [-0.39, 0.29) is 12.1 Å². The Morgan fingerprint density at radius 2 is 2.25 bits per heavy atom. The van der Waals surface area contributed by atoms with Gasteiger partial charge >= 0.3 is 12.5 Å². The van der Waals surface area contributed by atoms with Crippen molar-refractivity contribution in [3.05, 3.63) is 0 Å². The lowest BCUT2D eigenvalue weighted by atomic mass is 10.2. The molecule has 1 N–H and O–H groups in total. The van der Waals surface area contributed by atoms with Crippen LogP contribution in [0, 0.1) is 0 Å². The fourth-order valence-electron chi connectivity index (χ4n) is 1.77. The molecule has 5 nitrogen and oxygen atoms in total. The summed E-state index contributed by atoms with van der Waals surface area (Å²) >= 11 is 0. The third-order valence-electron chi connectivity index (χ3n) is 2.41. The minimum Gasteiger partial charge on any atom is -0.444 e. The third-order valence-corrected chi connectivity index (χ3v) is 2.41. The van der Waals surface area contributed by atoms with Crippen molar-refractivity contribution in [2.24, 2.45) is 0 Å². The van der Waals surface area contributed by atoms with Gasteiger partial charge < -0.3 is 15.0 Å². The monoisotopic (exact) mass is 227 g/mol. The summed E-state index contributed by atoms with van der Waals surface area (Å²) in [5.41, 5.74) is -0.478. The van der Waals surface area contributed by atoms with Gasteiger partial charge in [-0.15, -0.1) is 0 Å². The maximum Gasteiger partial charge on any atom is 0.410 e. The van der Waals surface area contributed by atoms with Crippen LogP contribution in [0.3, 0.4) is 0 Å². The number of nitrogens with zero attached hydrogens (tertiary/aromatic N) is 1. The van der Waals surface area contributed by atoms with E-state index in [2.05, 4.69) is 5.32 Å². The molecule has 0 spiro atoms. The van der Waals surface area contributed by atoms with Crippen molar-refractivity contribution in [1.82, 2.24) is 10.2 Å². The summed E-state index contributed by atoms with van der Waals surface area (Å²) in [5.74, 6) is 0. The first kappa shape index (κ1) is 12.8. The molecule has 0 aliphatic carbocycles. The molecule has 1 aliphatic heterocycles. The molecule has 1 fully saturated rings. The van der Waals surface area contributed by atoms with Gasteiger partial charge in [-0.05, 0) is 33.6 Å². The Morgan fingerprint density at radius 1 is 1.56 bits per heavy atom. The summed E-state index contributed by atoms with van der Waals surface area (Å²) < 4.78 is 5.29. The minimum absolute atomic E-state index is 0.0382. The van der Waals surface area contributed by atoms with Gasteiger partial charge in [-0.2, -0.15) is 0 Å². The van der Waals surface area contributed by atoms with Crippen molar-refractivity contribution in [2.45, 2.75) is 45.3 Å². The van der Waals surface area contributed by atoms with Crippen LogP contribution in [-0.4, -0.2) is 42.1 Å². The molecule has 0 bridgehead atoms. The van der Waals surface area contributed by atoms with Crippen molar-refractivity contribution in [1.29, 1.82) is 0 Å². The molecule has 1 aliphatic rings. The molecule has 1 atom stereocenters. The Labute approximate surface area is 96.1 Å². The molecular formula is C11H19N2O3. The maximum atomic E-state index is 11.8. The van der Waals surface area contributed by atoms with Gasteiger partial charge in [0, 0.05) is 13.1 Å². The summed E-state index contributed by atoms with van der Waals surface area (Å²) in [5, 5.41) is 2.48. The Kier molecular flexibility index (Phi) is 4.15. The highest BCUT2D eigenvalue weighted by atomic mass is 16.6. The van der Waals surface area contributed by atoms with Crippen molar-refractivity contribution >= 4 is 12.5 Å². The van der Waals surface area contributed by atoms with Gasteiger partial charge in [0.05, 0.1) is 6.04 Å². The molecule has 91 valence electrons. The normalized spacial score (nSPS) is 20.7. The highest BCUT2D eigenvalue weighted by Gasteiger charge is 2.31. The van der Waals surface area contributed by atoms with Crippen LogP contribution < -0.4 is 5.32 Å². The second-order valence-corrected chi connectivity index (χ2v) is 4.95. The number of hydrogen-bond acceptors (Lipinski definition) is 3. The lowest BCUT2D eigenvalue weighted by Crippen LogP contribution is -2.43. The molecule has 0 saturated carbocycles. The van der Waals surface area contributed by atoms with E-state index in [0.29, 0.717) is 13.1 Å². The summed E-state index contributed by atoms with van der Waals surface area (Å²) in [6, 6.07) is 0.0382. The SMILES string of the molecule is CC(C)(C)OC(=O)N1CCCC1CN[C]=O. The summed E-state index contributed by atoms with van der Waals surface area (Å²) in [6.45, 7) is 6.66. The van der Waals surface area contributed by atoms with Crippen molar-refractivity contribution in [3.63, 3.8) is 0 Å². The van der Waals surface area contributed by atoms with Gasteiger partial charge in [-0.25, -0.2) is 4.79 Å². The topological polar surface area (TPSA) is 58.6 Å². The van der Waals surface area contributed by atoms with Crippen LogP contribution in [0.1, 0.15) is 33.6 Å². The lowest BCUT2D eigenvalue weighted by molar-refractivity contribution is 0.0229. The molecule has 0 aromatic rings. The standard InChI is InChI=1S/C11H19N2O3/c1-11(2,3)16-10(15)13-6-4-5-9(13)7-12-8-14/h9H,4-7H2,1-3H3,(H,12,14). The Bertz CT molecular complexity index is 260. The molecule has 16 heavy (non-hydrogen) atoms. The van der Waals surface area contributed by atoms with Crippen LogP contribution in [0.15, 0.2) is 0 Å². The van der Waals surface area contributed by atoms with Crippen LogP contribution in [0.5, 0.6) is 0 Å². The average Bonchev–Trinajstić information content (AvgIpc) is 2.59. The molecular weight excluding hydrogens is 208 g/mol. The van der Waals surface area contributed by atoms with Crippen molar-refractivity contribution in [2.75, 3.05) is 13.1 Å². The van der Waals surface area contributed by atoms with E-state index < -0.39 is 5.60 Å². The third kappa shape index (κ3) is 3.72. The number of carbonyl (C=O) groups is 1. The predicted molar refractivity (Wildman–Crippen MR) is 59.7 cm³/mol. The molecule has 1 heterocycles. The first-order valence-electron chi connectivity index (χ1n) is 5.53. The molecule has 1 saturated heterocycles. The number of amides is 2. The van der Waals surface area contributed by atoms with E-state index in [4.69, 9.17) is 4.74 Å². The highest BCUT2D eigenvalue weighted by molar-refractivity contribution is 5.69. The Balaban J connectivity index is 2.50. The van der Waals surface area contributed by atoms with Gasteiger partial charge in [0.2, 0.25) is 0 Å². The Hall–Kier alpha value is -1.26. The quantitative estimate of drug-likeness (QED) is 0.733. The number of carbonyl (C=O) groups excluding carboxylic acids is 2. The van der Waals surface area contributed by atoms with E-state index in [9.17, 15) is 9.59 Å². The lowest BCUT2D eigenvalue weighted by Gasteiger charge is -2.28. The molecule has 1 radical (unpaired) electrons. The zero-order valence-electron chi connectivity index (χ0n) is 10.1. The van der Waals surface area contributed by atoms with Crippen molar-refractivity contribution < 1.29 is 14.3 Å². The average molecular weight is 227 g/mol. The zero-order chi connectivity index (χ0) is 12.2. The van der Waals surface area contributed by atoms with Crippen LogP contribution in [0.25, 0.3) is 0 Å². The highest BCUT2D eigenvalue weighted by Crippen LogP contribution is 2.20. The summed E-state index contributed by atoms with van der Waals surface area (Å²) in [4.78, 5) is 23.6. The smallest absolute Gasteiger partial charge is 0.410 e. The number of ether oxygens (including phenoxy) is 1. The van der Waals surface area contributed by atoms with E-state index in [1.807, 2.05) is 20.8 Å². The summed E-state index contributed by atoms with van der Waals surface area (Å²) in [6.07, 6.45) is 3.17. The van der Waals surface area contributed by atoms with E-state index in [1.54, 1.807) is 11.3 Å². The second-order valence-electron chi connectivity index (χ2n) is 4.95. The van der Waals surface area contributed by atoms with Gasteiger partial charge in [0.25, 0.3) is 0 Å². The van der Waals surface area contributed by atoms with Gasteiger partial charge in [-0.1, -0.05) is 0 Å². The Morgan fingerprint density at radius 3 is 2.81 bits per heavy atom. The second kappa shape index (κ2) is 5.18. The van der Waals surface area contributed by atoms with Crippen molar-refractivity contribution in [3.8, 4) is 0 Å². The van der Waals surface area contributed by atoms with Gasteiger partial charge in [0.1, 0.15) is 5.60 Å². The first-order valence-corrected chi connectivity index (χ1v) is 5.53. The summed E-state index contributed by atoms with van der Waals surface area (Å²) in [7, 11) is 0. The number of nitrogens with one attached hydrogen (secondary N) is 1. The van der Waals surface area contributed by atoms with Gasteiger partial charge in [-0.3, -0.25) is 4.79 Å². The molecule has 1 rings (SSSR count). The van der Waals surface area contributed by atoms with Gasteiger partial charge in [0.15, 0.2) is 0 Å². The molecule has 0 aromatic heterocycles. The number of likely N-dealkylation sites (tertiary alicyclic amines) is 1. The van der Waals surface area contributed by atoms with Crippen LogP contribution in [0.2, 0.25) is 0 Å². The minimum atomic E-state index is -0.478. The first-order chi connectivity index (χ1) is 7.44. The number of rotatable bonds is 3. The largest absolute Gasteiger partial charge is 0.444 e. The zero-order valence-corrected chi connectivity index (χ0v) is 10.1. The van der Waals surface area contributed by atoms with Crippen LogP contribution in [-0.2, 0) is 9.53 Å². The molecule has 2 amide bonds. The fraction of sp³-hybridized carbons (Fsp3) is 0.818. The van der Waals surface area contributed by atoms with E-state index in [1.165, 1.54) is 0 Å². The molecule has 0 aromatic carbocycles. The van der Waals surface area contributed by atoms with Crippen LogP contribution in [0.4, 0.5) is 4.79 Å². The van der Waals surface area contributed by atoms with E-state index >= 15 is 0 Å².